The number of thiophene rings is 1. The van der Waals surface area contributed by atoms with Crippen LogP contribution in [0.1, 0.15) is 44.6 Å². The van der Waals surface area contributed by atoms with Crippen LogP contribution >= 0.6 is 11.3 Å². The number of carboxylic acids is 1. The van der Waals surface area contributed by atoms with E-state index >= 15 is 0 Å². The van der Waals surface area contributed by atoms with Crippen molar-refractivity contribution in [1.82, 2.24) is 10.6 Å². The summed E-state index contributed by atoms with van der Waals surface area (Å²) in [6, 6.07) is 1.61. The van der Waals surface area contributed by atoms with Crippen molar-refractivity contribution >= 4 is 23.3 Å². The van der Waals surface area contributed by atoms with E-state index < -0.39 is 11.5 Å². The van der Waals surface area contributed by atoms with Crippen LogP contribution in [0.3, 0.4) is 0 Å². The van der Waals surface area contributed by atoms with Gasteiger partial charge in [-0.2, -0.15) is 11.3 Å². The van der Waals surface area contributed by atoms with E-state index in [0.717, 1.165) is 25.7 Å². The Kier molecular flexibility index (Phi) is 5.22. The number of carbonyl (C=O) groups is 2. The molecular weight excluding hydrogens is 288 g/mol. The smallest absolute Gasteiger partial charge is 0.329 e. The molecule has 1 aromatic rings. The standard InChI is InChI=1S/C15H22N2O3S/c1-11(9-12-5-8-21-10-12)16-14(20)17-15(13(18)19)6-3-2-4-7-15/h5,8,10-11H,2-4,6-7,9H2,1H3,(H,18,19)(H2,16,17,20). The summed E-state index contributed by atoms with van der Waals surface area (Å²) in [5, 5.41) is 19.0. The van der Waals surface area contributed by atoms with Crippen molar-refractivity contribution in [3.8, 4) is 0 Å². The molecule has 1 atom stereocenters. The zero-order chi connectivity index (χ0) is 15.3. The average molecular weight is 310 g/mol. The fourth-order valence-corrected chi connectivity index (χ4v) is 3.52. The molecule has 21 heavy (non-hydrogen) atoms. The van der Waals surface area contributed by atoms with E-state index in [0.29, 0.717) is 12.8 Å². The number of amides is 2. The lowest BCUT2D eigenvalue weighted by molar-refractivity contribution is -0.145. The number of urea groups is 1. The number of hydrogen-bond acceptors (Lipinski definition) is 3. The van der Waals surface area contributed by atoms with Gasteiger partial charge >= 0.3 is 12.0 Å². The first-order valence-corrected chi connectivity index (χ1v) is 8.29. The van der Waals surface area contributed by atoms with E-state index in [1.165, 1.54) is 5.56 Å². The second-order valence-corrected chi connectivity index (χ2v) is 6.56. The maximum absolute atomic E-state index is 12.1. The Morgan fingerprint density at radius 1 is 1.38 bits per heavy atom. The van der Waals surface area contributed by atoms with Crippen LogP contribution in [0.4, 0.5) is 4.79 Å². The Hall–Kier alpha value is -1.56. The van der Waals surface area contributed by atoms with Crippen molar-refractivity contribution in [2.75, 3.05) is 0 Å². The number of hydrogen-bond donors (Lipinski definition) is 3. The fourth-order valence-electron chi connectivity index (χ4n) is 2.84. The van der Waals surface area contributed by atoms with Gasteiger partial charge in [0.25, 0.3) is 0 Å². The molecule has 2 amide bonds. The predicted octanol–water partition coefficient (Wildman–Crippen LogP) is 2.77. The molecule has 6 heteroatoms. The van der Waals surface area contributed by atoms with Crippen LogP contribution in [-0.2, 0) is 11.2 Å². The van der Waals surface area contributed by atoms with Crippen molar-refractivity contribution in [1.29, 1.82) is 0 Å². The molecule has 1 saturated carbocycles. The van der Waals surface area contributed by atoms with Crippen LogP contribution in [0.15, 0.2) is 16.8 Å². The summed E-state index contributed by atoms with van der Waals surface area (Å²) in [6.07, 6.45) is 4.49. The summed E-state index contributed by atoms with van der Waals surface area (Å²) < 4.78 is 0. The highest BCUT2D eigenvalue weighted by Gasteiger charge is 2.41. The van der Waals surface area contributed by atoms with E-state index in [1.807, 2.05) is 18.4 Å². The number of carbonyl (C=O) groups excluding carboxylic acids is 1. The normalized spacial score (nSPS) is 18.7. The van der Waals surface area contributed by atoms with Crippen molar-refractivity contribution in [2.45, 2.75) is 57.0 Å². The topological polar surface area (TPSA) is 78.4 Å². The summed E-state index contributed by atoms with van der Waals surface area (Å²) in [7, 11) is 0. The predicted molar refractivity (Wildman–Crippen MR) is 82.6 cm³/mol. The molecule has 0 saturated heterocycles. The van der Waals surface area contributed by atoms with E-state index in [-0.39, 0.29) is 12.1 Å². The Labute approximate surface area is 128 Å². The molecule has 3 N–H and O–H groups in total. The van der Waals surface area contributed by atoms with Gasteiger partial charge < -0.3 is 15.7 Å². The van der Waals surface area contributed by atoms with Crippen molar-refractivity contribution in [3.63, 3.8) is 0 Å². The third kappa shape index (κ3) is 4.20. The second-order valence-electron chi connectivity index (χ2n) is 5.78. The summed E-state index contributed by atoms with van der Waals surface area (Å²) in [5.74, 6) is -0.928. The van der Waals surface area contributed by atoms with Gasteiger partial charge in [-0.15, -0.1) is 0 Å². The zero-order valence-corrected chi connectivity index (χ0v) is 13.0. The molecule has 116 valence electrons. The molecule has 0 spiro atoms. The minimum absolute atomic E-state index is 0.0333. The minimum Gasteiger partial charge on any atom is -0.480 e. The third-order valence-electron chi connectivity index (χ3n) is 3.97. The minimum atomic E-state index is -1.09. The lowest BCUT2D eigenvalue weighted by Crippen LogP contribution is -2.59. The van der Waals surface area contributed by atoms with Gasteiger partial charge in [0.15, 0.2) is 0 Å². The average Bonchev–Trinajstić information content (AvgIpc) is 2.92. The van der Waals surface area contributed by atoms with E-state index in [2.05, 4.69) is 16.0 Å². The van der Waals surface area contributed by atoms with Crippen LogP contribution in [0.2, 0.25) is 0 Å². The Balaban J connectivity index is 1.88. The molecule has 0 bridgehead atoms. The lowest BCUT2D eigenvalue weighted by atomic mass is 9.82. The Morgan fingerprint density at radius 3 is 2.67 bits per heavy atom. The van der Waals surface area contributed by atoms with Gasteiger partial charge in [-0.3, -0.25) is 0 Å². The van der Waals surface area contributed by atoms with Crippen molar-refractivity contribution in [3.05, 3.63) is 22.4 Å². The molecule has 1 aromatic heterocycles. The van der Waals surface area contributed by atoms with Crippen LogP contribution in [0.5, 0.6) is 0 Å². The molecule has 1 aliphatic rings. The molecule has 0 radical (unpaired) electrons. The summed E-state index contributed by atoms with van der Waals surface area (Å²) in [4.78, 5) is 23.6. The molecule has 0 aromatic carbocycles. The van der Waals surface area contributed by atoms with Gasteiger partial charge in [0.1, 0.15) is 5.54 Å². The highest BCUT2D eigenvalue weighted by molar-refractivity contribution is 7.07. The highest BCUT2D eigenvalue weighted by Crippen LogP contribution is 2.28. The maximum atomic E-state index is 12.1. The van der Waals surface area contributed by atoms with Gasteiger partial charge in [-0.05, 0) is 48.6 Å². The summed E-state index contributed by atoms with van der Waals surface area (Å²) in [5.41, 5.74) is 0.0863. The van der Waals surface area contributed by atoms with Crippen LogP contribution in [-0.4, -0.2) is 28.7 Å². The van der Waals surface area contributed by atoms with Crippen molar-refractivity contribution in [2.24, 2.45) is 0 Å². The van der Waals surface area contributed by atoms with Crippen LogP contribution in [0, 0.1) is 0 Å². The number of carboxylic acid groups (broad SMARTS) is 1. The first kappa shape index (κ1) is 15.8. The van der Waals surface area contributed by atoms with Gasteiger partial charge in [-0.1, -0.05) is 19.3 Å². The summed E-state index contributed by atoms with van der Waals surface area (Å²) in [6.45, 7) is 1.92. The SMILES string of the molecule is CC(Cc1ccsc1)NC(=O)NC1(C(=O)O)CCCCC1. The largest absolute Gasteiger partial charge is 0.480 e. The maximum Gasteiger partial charge on any atom is 0.329 e. The van der Waals surface area contributed by atoms with E-state index in [4.69, 9.17) is 0 Å². The summed E-state index contributed by atoms with van der Waals surface area (Å²) >= 11 is 1.63. The van der Waals surface area contributed by atoms with Gasteiger partial charge in [-0.25, -0.2) is 9.59 Å². The molecule has 1 fully saturated rings. The lowest BCUT2D eigenvalue weighted by Gasteiger charge is -2.34. The molecule has 1 heterocycles. The quantitative estimate of drug-likeness (QED) is 0.782. The Morgan fingerprint density at radius 2 is 2.10 bits per heavy atom. The van der Waals surface area contributed by atoms with Gasteiger partial charge in [0, 0.05) is 6.04 Å². The molecule has 2 rings (SSSR count). The molecule has 0 aliphatic heterocycles. The zero-order valence-electron chi connectivity index (χ0n) is 12.2. The highest BCUT2D eigenvalue weighted by atomic mass is 32.1. The Bertz CT molecular complexity index is 481. The van der Waals surface area contributed by atoms with Crippen LogP contribution < -0.4 is 10.6 Å². The first-order valence-electron chi connectivity index (χ1n) is 7.35. The molecule has 1 unspecified atom stereocenters. The fraction of sp³-hybridized carbons (Fsp3) is 0.600. The van der Waals surface area contributed by atoms with Crippen molar-refractivity contribution < 1.29 is 14.7 Å². The number of nitrogens with one attached hydrogen (secondary N) is 2. The van der Waals surface area contributed by atoms with E-state index in [9.17, 15) is 14.7 Å². The van der Waals surface area contributed by atoms with Gasteiger partial charge in [0.05, 0.1) is 0 Å². The molecule has 5 nitrogen and oxygen atoms in total. The first-order chi connectivity index (χ1) is 10.0. The van der Waals surface area contributed by atoms with E-state index in [1.54, 1.807) is 11.3 Å². The van der Waals surface area contributed by atoms with Gasteiger partial charge in [0.2, 0.25) is 0 Å². The third-order valence-corrected chi connectivity index (χ3v) is 4.70. The number of aliphatic carboxylic acids is 1. The monoisotopic (exact) mass is 310 g/mol. The van der Waals surface area contributed by atoms with Crippen LogP contribution in [0.25, 0.3) is 0 Å². The second kappa shape index (κ2) is 6.93. The molecular formula is C15H22N2O3S. The molecule has 1 aliphatic carbocycles. The number of rotatable bonds is 5.